The van der Waals surface area contributed by atoms with E-state index in [1.807, 2.05) is 6.07 Å². The smallest absolute Gasteiger partial charge is 0.259 e. The van der Waals surface area contributed by atoms with Crippen LogP contribution in [0.2, 0.25) is 0 Å². The van der Waals surface area contributed by atoms with Gasteiger partial charge in [-0.3, -0.25) is 4.79 Å². The first-order valence-corrected chi connectivity index (χ1v) is 4.80. The summed E-state index contributed by atoms with van der Waals surface area (Å²) >= 11 is 0. The van der Waals surface area contributed by atoms with E-state index in [4.69, 9.17) is 11.0 Å². The second kappa shape index (κ2) is 3.30. The van der Waals surface area contributed by atoms with Gasteiger partial charge in [0.05, 0.1) is 0 Å². The highest BCUT2D eigenvalue weighted by Gasteiger charge is 2.34. The van der Waals surface area contributed by atoms with Crippen molar-refractivity contribution < 1.29 is 4.79 Å². The lowest BCUT2D eigenvalue weighted by Gasteiger charge is -2.13. The molecule has 1 amide bonds. The zero-order valence-electron chi connectivity index (χ0n) is 7.81. The predicted molar refractivity (Wildman–Crippen MR) is 51.7 cm³/mol. The highest BCUT2D eigenvalue weighted by Crippen LogP contribution is 2.44. The number of primary amides is 1. The summed E-state index contributed by atoms with van der Waals surface area (Å²) in [5, 5.41) is 8.69. The summed E-state index contributed by atoms with van der Waals surface area (Å²) in [4.78, 5) is 10.8. The lowest BCUT2D eigenvalue weighted by Crippen LogP contribution is -2.15. The molecule has 0 heterocycles. The lowest BCUT2D eigenvalue weighted by atomic mass is 9.91. The Hall–Kier alpha value is -1.56. The molecule has 0 aliphatic heterocycles. The van der Waals surface area contributed by atoms with Gasteiger partial charge in [0.25, 0.3) is 5.91 Å². The number of hydrogen-bond acceptors (Lipinski definition) is 2. The molecule has 72 valence electrons. The second-order valence-corrected chi connectivity index (χ2v) is 4.00. The molecule has 3 nitrogen and oxygen atoms in total. The van der Waals surface area contributed by atoms with E-state index in [1.165, 1.54) is 6.42 Å². The van der Waals surface area contributed by atoms with Gasteiger partial charge < -0.3 is 5.73 Å². The number of carbonyl (C=O) groups excluding carboxylic acids is 1. The number of fused-ring (bicyclic) bond motifs is 2. The quantitative estimate of drug-likeness (QED) is 0.401. The standard InChI is InChI=1S/C11H12N2O/c12-6-10(11(13)14)5-9-4-7-1-2-8(9)3-7/h1-2,5,7-9H,3-4H2,(H2,13,14)/b10-5-/t7-,8-,9-/m1/s1. The molecule has 3 atom stereocenters. The van der Waals surface area contributed by atoms with Crippen molar-refractivity contribution in [3.8, 4) is 6.07 Å². The minimum atomic E-state index is -0.612. The minimum absolute atomic E-state index is 0.107. The van der Waals surface area contributed by atoms with E-state index in [0.717, 1.165) is 6.42 Å². The van der Waals surface area contributed by atoms with Crippen molar-refractivity contribution >= 4 is 5.91 Å². The fourth-order valence-corrected chi connectivity index (χ4v) is 2.40. The number of rotatable bonds is 2. The van der Waals surface area contributed by atoms with Gasteiger partial charge in [-0.05, 0) is 30.6 Å². The van der Waals surface area contributed by atoms with E-state index in [-0.39, 0.29) is 5.57 Å². The van der Waals surface area contributed by atoms with Gasteiger partial charge in [0.1, 0.15) is 11.6 Å². The van der Waals surface area contributed by atoms with Gasteiger partial charge in [-0.25, -0.2) is 0 Å². The Bertz CT molecular complexity index is 362. The fraction of sp³-hybridized carbons (Fsp3) is 0.455. The lowest BCUT2D eigenvalue weighted by molar-refractivity contribution is -0.114. The molecule has 2 aliphatic rings. The molecule has 2 N–H and O–H groups in total. The zero-order chi connectivity index (χ0) is 10.1. The van der Waals surface area contributed by atoms with Crippen LogP contribution in [0.5, 0.6) is 0 Å². The molecule has 0 radical (unpaired) electrons. The van der Waals surface area contributed by atoms with Crippen LogP contribution in [0, 0.1) is 29.1 Å². The van der Waals surface area contributed by atoms with Crippen LogP contribution >= 0.6 is 0 Å². The van der Waals surface area contributed by atoms with Crippen molar-refractivity contribution in [3.63, 3.8) is 0 Å². The molecular weight excluding hydrogens is 176 g/mol. The number of nitrogens with two attached hydrogens (primary N) is 1. The summed E-state index contributed by atoms with van der Waals surface area (Å²) in [6.07, 6.45) is 8.38. The summed E-state index contributed by atoms with van der Waals surface area (Å²) in [7, 11) is 0. The highest BCUT2D eigenvalue weighted by molar-refractivity contribution is 5.95. The van der Waals surface area contributed by atoms with Crippen LogP contribution in [0.1, 0.15) is 12.8 Å². The second-order valence-electron chi connectivity index (χ2n) is 4.00. The normalized spacial score (nSPS) is 34.5. The Balaban J connectivity index is 2.15. The number of nitrogens with zero attached hydrogens (tertiary/aromatic N) is 1. The van der Waals surface area contributed by atoms with Crippen LogP contribution in [0.4, 0.5) is 0 Å². The molecule has 2 bridgehead atoms. The van der Waals surface area contributed by atoms with Crippen molar-refractivity contribution in [1.29, 1.82) is 5.26 Å². The van der Waals surface area contributed by atoms with Crippen LogP contribution < -0.4 is 5.73 Å². The molecule has 0 unspecified atom stereocenters. The maximum Gasteiger partial charge on any atom is 0.259 e. The molecule has 1 fully saturated rings. The van der Waals surface area contributed by atoms with Crippen LogP contribution in [-0.2, 0) is 4.79 Å². The van der Waals surface area contributed by atoms with Gasteiger partial charge >= 0.3 is 0 Å². The van der Waals surface area contributed by atoms with Gasteiger partial charge in [-0.2, -0.15) is 5.26 Å². The Kier molecular flexibility index (Phi) is 2.12. The summed E-state index contributed by atoms with van der Waals surface area (Å²) in [6, 6.07) is 1.85. The number of nitriles is 1. The molecule has 2 aliphatic carbocycles. The van der Waals surface area contributed by atoms with Gasteiger partial charge in [0, 0.05) is 0 Å². The third-order valence-corrected chi connectivity index (χ3v) is 3.10. The average molecular weight is 188 g/mol. The largest absolute Gasteiger partial charge is 0.365 e. The monoisotopic (exact) mass is 188 g/mol. The predicted octanol–water partition coefficient (Wildman–Crippen LogP) is 1.13. The molecule has 0 spiro atoms. The van der Waals surface area contributed by atoms with E-state index < -0.39 is 5.91 Å². The first kappa shape index (κ1) is 9.01. The van der Waals surface area contributed by atoms with Gasteiger partial charge in [-0.15, -0.1) is 0 Å². The van der Waals surface area contributed by atoms with E-state index >= 15 is 0 Å². The number of carbonyl (C=O) groups is 1. The topological polar surface area (TPSA) is 66.9 Å². The summed E-state index contributed by atoms with van der Waals surface area (Å²) in [6.45, 7) is 0. The van der Waals surface area contributed by atoms with Crippen molar-refractivity contribution in [2.24, 2.45) is 23.5 Å². The minimum Gasteiger partial charge on any atom is -0.365 e. The number of hydrogen-bond donors (Lipinski definition) is 1. The van der Waals surface area contributed by atoms with Gasteiger partial charge in [-0.1, -0.05) is 18.2 Å². The number of amides is 1. The summed E-state index contributed by atoms with van der Waals surface area (Å²) < 4.78 is 0. The van der Waals surface area contributed by atoms with Crippen molar-refractivity contribution in [2.75, 3.05) is 0 Å². The van der Waals surface area contributed by atoms with Crippen LogP contribution in [0.25, 0.3) is 0 Å². The van der Waals surface area contributed by atoms with E-state index in [2.05, 4.69) is 12.2 Å². The maximum absolute atomic E-state index is 10.8. The van der Waals surface area contributed by atoms with Gasteiger partial charge in [0.2, 0.25) is 0 Å². The van der Waals surface area contributed by atoms with Crippen LogP contribution in [-0.4, -0.2) is 5.91 Å². The summed E-state index contributed by atoms with van der Waals surface area (Å²) in [5.74, 6) is 0.892. The van der Waals surface area contributed by atoms with E-state index in [0.29, 0.717) is 17.8 Å². The van der Waals surface area contributed by atoms with Crippen LogP contribution in [0.15, 0.2) is 23.8 Å². The molecular formula is C11H12N2O. The number of allylic oxidation sites excluding steroid dienone is 3. The molecule has 0 aromatic heterocycles. The first-order chi connectivity index (χ1) is 6.70. The zero-order valence-corrected chi connectivity index (χ0v) is 7.81. The van der Waals surface area contributed by atoms with E-state index in [9.17, 15) is 4.79 Å². The third kappa shape index (κ3) is 1.44. The molecule has 1 saturated carbocycles. The Labute approximate surface area is 82.9 Å². The molecule has 2 rings (SSSR count). The Morgan fingerprint density at radius 2 is 2.29 bits per heavy atom. The third-order valence-electron chi connectivity index (χ3n) is 3.10. The molecule has 0 saturated heterocycles. The van der Waals surface area contributed by atoms with Crippen LogP contribution in [0.3, 0.4) is 0 Å². The SMILES string of the molecule is N#C/C(=C/[C@H]1C[C@@H]2C=C[C@@H]1C2)C(N)=O. The average Bonchev–Trinajstić information content (AvgIpc) is 2.74. The summed E-state index contributed by atoms with van der Waals surface area (Å²) in [5.41, 5.74) is 5.18. The molecule has 0 aromatic carbocycles. The Morgan fingerprint density at radius 1 is 1.50 bits per heavy atom. The first-order valence-electron chi connectivity index (χ1n) is 4.80. The Morgan fingerprint density at radius 3 is 2.71 bits per heavy atom. The van der Waals surface area contributed by atoms with Gasteiger partial charge in [0.15, 0.2) is 0 Å². The van der Waals surface area contributed by atoms with Crippen molar-refractivity contribution in [2.45, 2.75) is 12.8 Å². The van der Waals surface area contributed by atoms with Crippen molar-refractivity contribution in [3.05, 3.63) is 23.8 Å². The van der Waals surface area contributed by atoms with E-state index in [1.54, 1.807) is 6.08 Å². The maximum atomic E-state index is 10.8. The highest BCUT2D eigenvalue weighted by atomic mass is 16.1. The molecule has 0 aromatic rings. The fourth-order valence-electron chi connectivity index (χ4n) is 2.40. The molecule has 3 heteroatoms. The molecule has 14 heavy (non-hydrogen) atoms. The van der Waals surface area contributed by atoms with Crippen molar-refractivity contribution in [1.82, 2.24) is 0 Å².